The standard InChI is InChI=1S/C19H22N2O5/c1-19(2)11-21(9-12-4-5-13(23-3)8-16(12)25-19)18(22)17-14-10-24-7-6-15(14)26-20-17/h4-5,8H,6-7,9-11H2,1-3H3. The van der Waals surface area contributed by atoms with Gasteiger partial charge in [0.05, 0.1) is 32.4 Å². The summed E-state index contributed by atoms with van der Waals surface area (Å²) in [6.45, 7) is 5.75. The Labute approximate surface area is 151 Å². The third-order valence-electron chi connectivity index (χ3n) is 4.67. The van der Waals surface area contributed by atoms with Gasteiger partial charge in [0.15, 0.2) is 5.69 Å². The van der Waals surface area contributed by atoms with E-state index < -0.39 is 5.60 Å². The Balaban J connectivity index is 1.67. The van der Waals surface area contributed by atoms with E-state index in [1.54, 1.807) is 12.0 Å². The highest BCUT2D eigenvalue weighted by molar-refractivity contribution is 5.94. The molecule has 0 N–H and O–H groups in total. The molecule has 4 rings (SSSR count). The van der Waals surface area contributed by atoms with Gasteiger partial charge in [0.1, 0.15) is 22.9 Å². The molecule has 0 saturated heterocycles. The Morgan fingerprint density at radius 1 is 1.35 bits per heavy atom. The zero-order valence-electron chi connectivity index (χ0n) is 15.2. The lowest BCUT2D eigenvalue weighted by Crippen LogP contribution is -2.43. The topological polar surface area (TPSA) is 74.0 Å². The lowest BCUT2D eigenvalue weighted by Gasteiger charge is -2.29. The van der Waals surface area contributed by atoms with Gasteiger partial charge in [-0.3, -0.25) is 4.79 Å². The minimum absolute atomic E-state index is 0.166. The molecule has 0 unspecified atom stereocenters. The van der Waals surface area contributed by atoms with Gasteiger partial charge in [-0.05, 0) is 26.0 Å². The molecule has 0 bridgehead atoms. The van der Waals surface area contributed by atoms with Crippen LogP contribution < -0.4 is 9.47 Å². The number of amides is 1. The van der Waals surface area contributed by atoms with Crippen molar-refractivity contribution < 1.29 is 23.5 Å². The largest absolute Gasteiger partial charge is 0.497 e. The van der Waals surface area contributed by atoms with Gasteiger partial charge in [0.2, 0.25) is 0 Å². The van der Waals surface area contributed by atoms with Crippen LogP contribution in [0.1, 0.15) is 41.2 Å². The molecule has 0 spiro atoms. The van der Waals surface area contributed by atoms with Crippen LogP contribution in [0.2, 0.25) is 0 Å². The number of aromatic nitrogens is 1. The molecule has 0 fully saturated rings. The molecule has 0 saturated carbocycles. The lowest BCUT2D eigenvalue weighted by atomic mass is 10.1. The second kappa shape index (κ2) is 6.32. The van der Waals surface area contributed by atoms with E-state index in [4.69, 9.17) is 18.7 Å². The van der Waals surface area contributed by atoms with E-state index in [9.17, 15) is 4.79 Å². The van der Waals surface area contributed by atoms with Crippen LogP contribution in [0.25, 0.3) is 0 Å². The summed E-state index contributed by atoms with van der Waals surface area (Å²) in [7, 11) is 1.62. The maximum absolute atomic E-state index is 13.2. The van der Waals surface area contributed by atoms with Crippen LogP contribution in [0.15, 0.2) is 22.7 Å². The Hall–Kier alpha value is -2.54. The third-order valence-corrected chi connectivity index (χ3v) is 4.67. The summed E-state index contributed by atoms with van der Waals surface area (Å²) in [4.78, 5) is 14.9. The van der Waals surface area contributed by atoms with E-state index in [1.165, 1.54) is 0 Å². The molecule has 7 nitrogen and oxygen atoms in total. The average Bonchev–Trinajstić information content (AvgIpc) is 2.99. The van der Waals surface area contributed by atoms with Gasteiger partial charge in [-0.15, -0.1) is 0 Å². The van der Waals surface area contributed by atoms with Crippen molar-refractivity contribution in [1.82, 2.24) is 10.1 Å². The molecular formula is C19H22N2O5. The van der Waals surface area contributed by atoms with E-state index in [0.717, 1.165) is 28.4 Å². The first-order valence-electron chi connectivity index (χ1n) is 8.67. The summed E-state index contributed by atoms with van der Waals surface area (Å²) in [6, 6.07) is 5.66. The first-order chi connectivity index (χ1) is 12.5. The van der Waals surface area contributed by atoms with Crippen molar-refractivity contribution in [2.75, 3.05) is 20.3 Å². The van der Waals surface area contributed by atoms with Crippen molar-refractivity contribution >= 4 is 5.91 Å². The van der Waals surface area contributed by atoms with Crippen molar-refractivity contribution in [3.63, 3.8) is 0 Å². The third kappa shape index (κ3) is 3.03. The summed E-state index contributed by atoms with van der Waals surface area (Å²) >= 11 is 0. The van der Waals surface area contributed by atoms with Gasteiger partial charge in [0.25, 0.3) is 5.91 Å². The summed E-state index contributed by atoms with van der Waals surface area (Å²) < 4.78 is 22.3. The first-order valence-corrected chi connectivity index (χ1v) is 8.67. The fraction of sp³-hybridized carbons (Fsp3) is 0.474. The zero-order chi connectivity index (χ0) is 18.3. The van der Waals surface area contributed by atoms with E-state index >= 15 is 0 Å². The average molecular weight is 358 g/mol. The molecule has 0 radical (unpaired) electrons. The molecule has 3 heterocycles. The monoisotopic (exact) mass is 358 g/mol. The van der Waals surface area contributed by atoms with E-state index in [2.05, 4.69) is 5.16 Å². The minimum Gasteiger partial charge on any atom is -0.497 e. The van der Waals surface area contributed by atoms with E-state index in [0.29, 0.717) is 38.4 Å². The molecule has 138 valence electrons. The molecule has 2 aliphatic heterocycles. The number of hydrogen-bond acceptors (Lipinski definition) is 6. The maximum atomic E-state index is 13.2. The van der Waals surface area contributed by atoms with Crippen LogP contribution in [0, 0.1) is 0 Å². The van der Waals surface area contributed by atoms with Gasteiger partial charge >= 0.3 is 0 Å². The number of rotatable bonds is 2. The van der Waals surface area contributed by atoms with Gasteiger partial charge < -0.3 is 23.6 Å². The number of methoxy groups -OCH3 is 1. The molecule has 1 aromatic carbocycles. The molecule has 0 aliphatic carbocycles. The number of carbonyl (C=O) groups is 1. The first kappa shape index (κ1) is 16.9. The normalized spacial score (nSPS) is 18.3. The van der Waals surface area contributed by atoms with E-state index in [1.807, 2.05) is 32.0 Å². The van der Waals surface area contributed by atoms with Crippen molar-refractivity contribution in [3.05, 3.63) is 40.8 Å². The molecule has 0 atom stereocenters. The fourth-order valence-electron chi connectivity index (χ4n) is 3.43. The van der Waals surface area contributed by atoms with Crippen molar-refractivity contribution in [3.8, 4) is 11.5 Å². The number of carbonyl (C=O) groups excluding carboxylic acids is 1. The summed E-state index contributed by atoms with van der Waals surface area (Å²) in [5.74, 6) is 2.04. The van der Waals surface area contributed by atoms with Crippen LogP contribution >= 0.6 is 0 Å². The quantitative estimate of drug-likeness (QED) is 0.821. The molecular weight excluding hydrogens is 336 g/mol. The van der Waals surface area contributed by atoms with Gasteiger partial charge in [-0.2, -0.15) is 0 Å². The van der Waals surface area contributed by atoms with Crippen LogP contribution in [0.5, 0.6) is 11.5 Å². The second-order valence-electron chi connectivity index (χ2n) is 7.23. The van der Waals surface area contributed by atoms with Crippen LogP contribution in [-0.2, 0) is 24.3 Å². The zero-order valence-corrected chi connectivity index (χ0v) is 15.2. The lowest BCUT2D eigenvalue weighted by molar-refractivity contribution is 0.0488. The highest BCUT2D eigenvalue weighted by Gasteiger charge is 2.35. The van der Waals surface area contributed by atoms with Crippen molar-refractivity contribution in [1.29, 1.82) is 0 Å². The number of hydrogen-bond donors (Lipinski definition) is 0. The predicted molar refractivity (Wildman–Crippen MR) is 92.3 cm³/mol. The molecule has 26 heavy (non-hydrogen) atoms. The smallest absolute Gasteiger partial charge is 0.276 e. The SMILES string of the molecule is COc1ccc2c(c1)OC(C)(C)CN(C(=O)c1noc3c1COCC3)C2. The maximum Gasteiger partial charge on any atom is 0.276 e. The van der Waals surface area contributed by atoms with Gasteiger partial charge in [-0.25, -0.2) is 0 Å². The van der Waals surface area contributed by atoms with Crippen LogP contribution in [0.3, 0.4) is 0 Å². The summed E-state index contributed by atoms with van der Waals surface area (Å²) in [5, 5.41) is 4.03. The number of benzene rings is 1. The van der Waals surface area contributed by atoms with Crippen LogP contribution in [0.4, 0.5) is 0 Å². The summed E-state index contributed by atoms with van der Waals surface area (Å²) in [5.41, 5.74) is 1.48. The molecule has 1 amide bonds. The highest BCUT2D eigenvalue weighted by atomic mass is 16.5. The molecule has 2 aliphatic rings. The molecule has 7 heteroatoms. The van der Waals surface area contributed by atoms with Gasteiger partial charge in [-0.1, -0.05) is 5.16 Å². The van der Waals surface area contributed by atoms with Crippen molar-refractivity contribution in [2.45, 2.75) is 39.0 Å². The number of nitrogens with zero attached hydrogens (tertiary/aromatic N) is 2. The minimum atomic E-state index is -0.548. The van der Waals surface area contributed by atoms with E-state index in [-0.39, 0.29) is 5.91 Å². The Morgan fingerprint density at radius 2 is 2.19 bits per heavy atom. The van der Waals surface area contributed by atoms with Crippen molar-refractivity contribution in [2.24, 2.45) is 0 Å². The number of fused-ring (bicyclic) bond motifs is 2. The fourth-order valence-corrected chi connectivity index (χ4v) is 3.43. The number of ether oxygens (including phenoxy) is 3. The van der Waals surface area contributed by atoms with Crippen LogP contribution in [-0.4, -0.2) is 41.8 Å². The highest BCUT2D eigenvalue weighted by Crippen LogP contribution is 2.33. The second-order valence-corrected chi connectivity index (χ2v) is 7.23. The van der Waals surface area contributed by atoms with Gasteiger partial charge in [0, 0.05) is 24.6 Å². The Morgan fingerprint density at radius 3 is 3.00 bits per heavy atom. The molecule has 2 aromatic rings. The summed E-state index contributed by atoms with van der Waals surface area (Å²) in [6.07, 6.45) is 0.646. The predicted octanol–water partition coefficient (Wildman–Crippen LogP) is 2.57. The Bertz CT molecular complexity index is 842. The molecule has 1 aromatic heterocycles. The Kier molecular flexibility index (Phi) is 4.11.